The molecular weight excluding hydrogens is 897 g/mol. The minimum atomic E-state index is 0.428. The van der Waals surface area contributed by atoms with Crippen LogP contribution < -0.4 is 22.9 Å². The van der Waals surface area contributed by atoms with Crippen LogP contribution in [-0.2, 0) is 12.8 Å². The Bertz CT molecular complexity index is 1860. The number of hydrogen-bond acceptors (Lipinski definition) is 14. The van der Waals surface area contributed by atoms with E-state index in [0.29, 0.717) is 50.0 Å². The summed E-state index contributed by atoms with van der Waals surface area (Å²) in [5, 5.41) is 0. The summed E-state index contributed by atoms with van der Waals surface area (Å²) in [6.07, 6.45) is 29.6. The van der Waals surface area contributed by atoms with Crippen LogP contribution >= 0.6 is 60.6 Å². The fraction of sp³-hybridized carbons (Fsp3) is 0.444. The van der Waals surface area contributed by atoms with Crippen molar-refractivity contribution in [2.45, 2.75) is 77.0 Å². The van der Waals surface area contributed by atoms with Crippen molar-refractivity contribution in [3.8, 4) is 24.2 Å². The van der Waals surface area contributed by atoms with E-state index in [9.17, 15) is 0 Å². The van der Waals surface area contributed by atoms with Crippen LogP contribution in [0.3, 0.4) is 0 Å². The summed E-state index contributed by atoms with van der Waals surface area (Å²) in [5.74, 6) is 13.7. The molecule has 0 unspecified atom stereocenters. The number of halogens is 3. The molecule has 4 aliphatic carbocycles. The molecule has 13 nitrogen and oxygen atoms in total. The van der Waals surface area contributed by atoms with E-state index < -0.39 is 0 Å². The molecular formula is C36H44BBr3N13S. The van der Waals surface area contributed by atoms with Crippen LogP contribution in [0.1, 0.15) is 81.3 Å². The third-order valence-electron chi connectivity index (χ3n) is 7.67. The van der Waals surface area contributed by atoms with Gasteiger partial charge in [-0.2, -0.15) is 0 Å². The molecule has 4 aliphatic rings. The first-order valence-electron chi connectivity index (χ1n) is 17.4. The number of nitrogens with two attached hydrogens (primary N) is 4. The summed E-state index contributed by atoms with van der Waals surface area (Å²) < 4.78 is 4.77. The molecule has 54 heavy (non-hydrogen) atoms. The number of terminal acetylenes is 1. The molecule has 0 aromatic carbocycles. The van der Waals surface area contributed by atoms with Gasteiger partial charge in [0.05, 0.1) is 42.4 Å². The molecule has 0 saturated heterocycles. The zero-order valence-corrected chi connectivity index (χ0v) is 35.5. The van der Waals surface area contributed by atoms with Crippen LogP contribution in [-0.4, -0.2) is 47.5 Å². The maximum atomic E-state index is 5.67. The van der Waals surface area contributed by atoms with Gasteiger partial charge in [0, 0.05) is 18.0 Å². The first-order chi connectivity index (χ1) is 26.0. The second kappa shape index (κ2) is 24.7. The molecule has 0 atom stereocenters. The van der Waals surface area contributed by atoms with Crippen molar-refractivity contribution in [2.75, 3.05) is 22.9 Å². The van der Waals surface area contributed by atoms with Gasteiger partial charge in [0.25, 0.3) is 0 Å². The van der Waals surface area contributed by atoms with Gasteiger partial charge in [0.15, 0.2) is 5.82 Å². The van der Waals surface area contributed by atoms with E-state index in [-0.39, 0.29) is 0 Å². The average molecular weight is 941 g/mol. The van der Waals surface area contributed by atoms with Crippen LogP contribution in [0.25, 0.3) is 0 Å². The van der Waals surface area contributed by atoms with Gasteiger partial charge in [-0.1, -0.05) is 31.6 Å². The standard InChI is InChI=1S/C9H11Br2N3.C9H13N3.C9H9N3.C5H6.C4H4BrN3.BHNS/c10-7-6(4-3-5-1-2-5)13-9(12)8(11)14-7;2*10-9-6-11-5-8(12-9)4-3-7-1-2-7;1-2-5-3-4-5;5-3-1-7-2-4(6)8-3;1-2-3/h5H,1-4H2,(H2,12,13);5-7H,1-4H2,(H2,10,12);5-7H,1-2H2,(H2,10,12);1,5H,3-4H2;1-2H,(H2,6,8);3H. The second-order valence-electron chi connectivity index (χ2n) is 12.7. The number of nitrogen functional groups attached to an aromatic ring is 4. The molecule has 18 heteroatoms. The monoisotopic (exact) mass is 938 g/mol. The van der Waals surface area contributed by atoms with Gasteiger partial charge in [-0.3, -0.25) is 15.0 Å². The topological polar surface area (TPSA) is 220 Å². The van der Waals surface area contributed by atoms with Crippen molar-refractivity contribution >= 4 is 91.5 Å². The first-order valence-corrected chi connectivity index (χ1v) is 20.1. The minimum absolute atomic E-state index is 0.428. The van der Waals surface area contributed by atoms with Crippen molar-refractivity contribution in [3.05, 3.63) is 68.1 Å². The average Bonchev–Trinajstić information content (AvgIpc) is 3.95. The number of aryl methyl sites for hydroxylation is 2. The summed E-state index contributed by atoms with van der Waals surface area (Å²) in [5.41, 5.74) is 24.5. The SMILES string of the molecule is C#CC1CC1.Nc1cncc(Br)n1.Nc1cncc(C#CC2CC2)n1.Nc1cncc(CCC2CC2)n1.Nc1nc(CCC2CC2)c(Br)nc1Br.[B]=NS. The Hall–Kier alpha value is -3.71. The van der Waals surface area contributed by atoms with E-state index in [1.807, 2.05) is 0 Å². The molecule has 8 rings (SSSR count). The molecule has 4 saturated carbocycles. The number of hydrogen-bond donors (Lipinski definition) is 5. The van der Waals surface area contributed by atoms with Crippen molar-refractivity contribution in [1.29, 1.82) is 0 Å². The Morgan fingerprint density at radius 1 is 0.685 bits per heavy atom. The van der Waals surface area contributed by atoms with Gasteiger partial charge in [0.2, 0.25) is 0 Å². The number of aromatic nitrogens is 8. The first kappa shape index (κ1) is 44.7. The summed E-state index contributed by atoms with van der Waals surface area (Å²) in [6, 6.07) is 0. The Kier molecular flexibility index (Phi) is 20.4. The van der Waals surface area contributed by atoms with Gasteiger partial charge in [0.1, 0.15) is 37.0 Å². The maximum absolute atomic E-state index is 5.67. The van der Waals surface area contributed by atoms with E-state index in [1.165, 1.54) is 76.6 Å². The third kappa shape index (κ3) is 21.3. The van der Waals surface area contributed by atoms with E-state index in [4.69, 9.17) is 29.4 Å². The Morgan fingerprint density at radius 3 is 1.69 bits per heavy atom. The summed E-state index contributed by atoms with van der Waals surface area (Å²) >= 11 is 12.9. The van der Waals surface area contributed by atoms with Crippen LogP contribution in [0.15, 0.2) is 55.3 Å². The number of thiol groups is 1. The molecule has 0 bridgehead atoms. The molecule has 0 spiro atoms. The predicted molar refractivity (Wildman–Crippen MR) is 229 cm³/mol. The molecule has 4 fully saturated rings. The molecule has 8 N–H and O–H groups in total. The van der Waals surface area contributed by atoms with Gasteiger partial charge < -0.3 is 22.9 Å². The quantitative estimate of drug-likeness (QED) is 0.0738. The zero-order chi connectivity index (χ0) is 39.3. The second-order valence-corrected chi connectivity index (χ2v) is 15.3. The normalized spacial score (nSPS) is 14.6. The molecule has 4 aromatic rings. The summed E-state index contributed by atoms with van der Waals surface area (Å²) in [6.45, 7) is 0. The number of rotatable bonds is 6. The predicted octanol–water partition coefficient (Wildman–Crippen LogP) is 7.18. The van der Waals surface area contributed by atoms with Crippen LogP contribution in [0.2, 0.25) is 0 Å². The van der Waals surface area contributed by atoms with Crippen molar-refractivity contribution in [2.24, 2.45) is 28.0 Å². The van der Waals surface area contributed by atoms with Crippen LogP contribution in [0.5, 0.6) is 0 Å². The van der Waals surface area contributed by atoms with Gasteiger partial charge in [-0.05, 0) is 117 Å². The Balaban J connectivity index is 0.000000183. The van der Waals surface area contributed by atoms with Crippen molar-refractivity contribution in [1.82, 2.24) is 39.9 Å². The van der Waals surface area contributed by atoms with Crippen molar-refractivity contribution in [3.63, 3.8) is 0 Å². The Morgan fingerprint density at radius 2 is 1.22 bits per heavy atom. The summed E-state index contributed by atoms with van der Waals surface area (Å²) in [4.78, 5) is 32.2. The van der Waals surface area contributed by atoms with Crippen LogP contribution in [0.4, 0.5) is 23.3 Å². The Labute approximate surface area is 349 Å². The van der Waals surface area contributed by atoms with Crippen molar-refractivity contribution < 1.29 is 0 Å². The molecule has 0 aliphatic heterocycles. The molecule has 1 radical (unpaired) electrons. The van der Waals surface area contributed by atoms with Gasteiger partial charge >= 0.3 is 24.8 Å². The van der Waals surface area contributed by atoms with E-state index in [2.05, 4.69) is 130 Å². The van der Waals surface area contributed by atoms with Gasteiger partial charge in [-0.25, -0.2) is 24.9 Å². The van der Waals surface area contributed by atoms with E-state index >= 15 is 0 Å². The van der Waals surface area contributed by atoms with Crippen LogP contribution in [0, 0.1) is 47.9 Å². The fourth-order valence-electron chi connectivity index (χ4n) is 4.11. The molecule has 4 aromatic heterocycles. The molecule has 283 valence electrons. The fourth-order valence-corrected chi connectivity index (χ4v) is 5.40. The number of anilines is 4. The third-order valence-corrected chi connectivity index (χ3v) is 9.27. The van der Waals surface area contributed by atoms with Gasteiger partial charge in [-0.15, -0.1) is 12.3 Å². The molecule has 0 amide bonds. The van der Waals surface area contributed by atoms with E-state index in [1.54, 1.807) is 24.8 Å². The molecule has 4 heterocycles. The summed E-state index contributed by atoms with van der Waals surface area (Å²) in [7, 11) is 4.34. The number of nitrogens with zero attached hydrogens (tertiary/aromatic N) is 9. The van der Waals surface area contributed by atoms with E-state index in [0.717, 1.165) is 40.7 Å². The zero-order valence-electron chi connectivity index (χ0n) is 29.8.